The number of likely N-dealkylation sites (tertiary alicyclic amines) is 1. The Morgan fingerprint density at radius 1 is 1.04 bits per heavy atom. The van der Waals surface area contributed by atoms with Crippen LogP contribution in [0.3, 0.4) is 0 Å². The number of halogens is 1. The van der Waals surface area contributed by atoms with Crippen molar-refractivity contribution >= 4 is 5.78 Å². The quantitative estimate of drug-likeness (QED) is 0.864. The van der Waals surface area contributed by atoms with E-state index >= 15 is 0 Å². The van der Waals surface area contributed by atoms with Gasteiger partial charge in [-0.05, 0) is 69.1 Å². The number of ketones is 1. The molecule has 2 aromatic carbocycles. The summed E-state index contributed by atoms with van der Waals surface area (Å²) >= 11 is 0. The van der Waals surface area contributed by atoms with Crippen LogP contribution in [-0.4, -0.2) is 35.9 Å². The van der Waals surface area contributed by atoms with E-state index in [1.54, 1.807) is 24.3 Å². The molecule has 3 rings (SSSR count). The molecular weight excluding hydrogens is 317 g/mol. The van der Waals surface area contributed by atoms with Gasteiger partial charge in [-0.25, -0.2) is 4.39 Å². The normalized spacial score (nSPS) is 18.7. The van der Waals surface area contributed by atoms with Crippen molar-refractivity contribution in [1.82, 2.24) is 4.90 Å². The molecule has 25 heavy (non-hydrogen) atoms. The van der Waals surface area contributed by atoms with Gasteiger partial charge in [-0.1, -0.05) is 36.4 Å². The number of carbonyl (C=O) groups excluding carboxylic acids is 1. The molecule has 0 aliphatic carbocycles. The molecule has 0 amide bonds. The first-order valence-electron chi connectivity index (χ1n) is 8.69. The number of piperidine rings is 1. The molecule has 0 aromatic heterocycles. The van der Waals surface area contributed by atoms with Crippen LogP contribution in [-0.2, 0) is 5.60 Å². The van der Waals surface area contributed by atoms with Crippen molar-refractivity contribution in [2.75, 3.05) is 20.1 Å². The second-order valence-corrected chi connectivity index (χ2v) is 6.98. The fourth-order valence-electron chi connectivity index (χ4n) is 3.73. The number of hydrogen-bond acceptors (Lipinski definition) is 3. The molecule has 1 N–H and O–H groups in total. The van der Waals surface area contributed by atoms with Gasteiger partial charge in [0, 0.05) is 5.56 Å². The van der Waals surface area contributed by atoms with Crippen LogP contribution in [0.25, 0.3) is 0 Å². The average Bonchev–Trinajstić information content (AvgIpc) is 2.62. The van der Waals surface area contributed by atoms with Crippen molar-refractivity contribution in [2.24, 2.45) is 5.92 Å². The fourth-order valence-corrected chi connectivity index (χ4v) is 3.73. The summed E-state index contributed by atoms with van der Waals surface area (Å²) in [4.78, 5) is 13.8. The van der Waals surface area contributed by atoms with Crippen molar-refractivity contribution in [1.29, 1.82) is 0 Å². The lowest BCUT2D eigenvalue weighted by Gasteiger charge is -2.41. The number of Topliss-reactive ketones (excluding diaryl/α,β-unsaturated/α-hetero) is 1. The molecule has 0 saturated carbocycles. The van der Waals surface area contributed by atoms with E-state index in [4.69, 9.17) is 0 Å². The van der Waals surface area contributed by atoms with E-state index in [-0.39, 0.29) is 17.5 Å². The van der Waals surface area contributed by atoms with Crippen molar-refractivity contribution in [3.8, 4) is 0 Å². The Labute approximate surface area is 148 Å². The number of rotatable bonds is 4. The highest BCUT2D eigenvalue weighted by molar-refractivity contribution is 5.94. The lowest BCUT2D eigenvalue weighted by Crippen LogP contribution is -2.43. The third-order valence-corrected chi connectivity index (χ3v) is 5.33. The molecule has 0 radical (unpaired) electrons. The summed E-state index contributed by atoms with van der Waals surface area (Å²) in [5, 5.41) is 11.8. The van der Waals surface area contributed by atoms with E-state index < -0.39 is 5.60 Å². The molecule has 0 spiro atoms. The van der Waals surface area contributed by atoms with E-state index in [2.05, 4.69) is 11.9 Å². The molecule has 1 aliphatic rings. The van der Waals surface area contributed by atoms with E-state index in [1.807, 2.05) is 12.1 Å². The molecule has 1 heterocycles. The van der Waals surface area contributed by atoms with Crippen LogP contribution in [0.2, 0.25) is 0 Å². The maximum atomic E-state index is 13.4. The van der Waals surface area contributed by atoms with E-state index in [0.29, 0.717) is 11.1 Å². The van der Waals surface area contributed by atoms with E-state index in [0.717, 1.165) is 31.5 Å². The standard InChI is InChI=1S/C21H24FNO2/c1-15(24)16-3-5-17(6-4-16)21(25,18-7-9-20(22)10-8-18)19-11-13-23(2)14-12-19/h3-10,19,25H,11-14H2,1-2H3. The first-order valence-corrected chi connectivity index (χ1v) is 8.69. The van der Waals surface area contributed by atoms with Crippen LogP contribution < -0.4 is 0 Å². The molecule has 132 valence electrons. The third-order valence-electron chi connectivity index (χ3n) is 5.33. The summed E-state index contributed by atoms with van der Waals surface area (Å²) < 4.78 is 13.4. The monoisotopic (exact) mass is 341 g/mol. The number of aliphatic hydroxyl groups is 1. The SMILES string of the molecule is CC(=O)c1ccc(C(O)(c2ccc(F)cc2)C2CCN(C)CC2)cc1. The van der Waals surface area contributed by atoms with Gasteiger partial charge in [-0.3, -0.25) is 4.79 Å². The Bertz CT molecular complexity index is 733. The van der Waals surface area contributed by atoms with Gasteiger partial charge < -0.3 is 10.0 Å². The molecule has 1 fully saturated rings. The van der Waals surface area contributed by atoms with Gasteiger partial charge in [0.1, 0.15) is 11.4 Å². The fraction of sp³-hybridized carbons (Fsp3) is 0.381. The van der Waals surface area contributed by atoms with Crippen molar-refractivity contribution in [2.45, 2.75) is 25.4 Å². The molecule has 1 atom stereocenters. The summed E-state index contributed by atoms with van der Waals surface area (Å²) in [6.07, 6.45) is 1.72. The highest BCUT2D eigenvalue weighted by Gasteiger charge is 2.41. The maximum Gasteiger partial charge on any atom is 0.159 e. The van der Waals surface area contributed by atoms with Gasteiger partial charge >= 0.3 is 0 Å². The number of hydrogen-bond donors (Lipinski definition) is 1. The second kappa shape index (κ2) is 7.06. The molecular formula is C21H24FNO2. The zero-order valence-electron chi connectivity index (χ0n) is 14.7. The molecule has 1 unspecified atom stereocenters. The lowest BCUT2D eigenvalue weighted by atomic mass is 9.72. The Balaban J connectivity index is 2.04. The summed E-state index contributed by atoms with van der Waals surface area (Å²) in [5.74, 6) is -0.282. The van der Waals surface area contributed by atoms with Crippen LogP contribution in [0.1, 0.15) is 41.3 Å². The highest BCUT2D eigenvalue weighted by Crippen LogP contribution is 2.42. The summed E-state index contributed by atoms with van der Waals surface area (Å²) in [7, 11) is 2.08. The van der Waals surface area contributed by atoms with E-state index in [9.17, 15) is 14.3 Å². The van der Waals surface area contributed by atoms with Crippen LogP contribution in [0.4, 0.5) is 4.39 Å². The Kier molecular flexibility index (Phi) is 5.02. The molecule has 0 bridgehead atoms. The van der Waals surface area contributed by atoms with Crippen LogP contribution in [0, 0.1) is 11.7 Å². The van der Waals surface area contributed by atoms with Crippen molar-refractivity contribution in [3.05, 3.63) is 71.0 Å². The van der Waals surface area contributed by atoms with Gasteiger partial charge in [0.05, 0.1) is 0 Å². The predicted octanol–water partition coefficient (Wildman–Crippen LogP) is 3.61. The Morgan fingerprint density at radius 3 is 2.00 bits per heavy atom. The minimum Gasteiger partial charge on any atom is -0.380 e. The molecule has 3 nitrogen and oxygen atoms in total. The molecule has 4 heteroatoms. The number of nitrogens with zero attached hydrogens (tertiary/aromatic N) is 1. The second-order valence-electron chi connectivity index (χ2n) is 6.98. The van der Waals surface area contributed by atoms with Crippen molar-refractivity contribution in [3.63, 3.8) is 0 Å². The summed E-state index contributed by atoms with van der Waals surface area (Å²) in [5.41, 5.74) is 0.871. The van der Waals surface area contributed by atoms with Gasteiger partial charge in [0.15, 0.2) is 5.78 Å². The van der Waals surface area contributed by atoms with Gasteiger partial charge in [-0.2, -0.15) is 0 Å². The molecule has 2 aromatic rings. The van der Waals surface area contributed by atoms with Crippen molar-refractivity contribution < 1.29 is 14.3 Å². The first kappa shape index (κ1) is 17.8. The highest BCUT2D eigenvalue weighted by atomic mass is 19.1. The zero-order valence-corrected chi connectivity index (χ0v) is 14.7. The maximum absolute atomic E-state index is 13.4. The average molecular weight is 341 g/mol. The third kappa shape index (κ3) is 3.51. The first-order chi connectivity index (χ1) is 11.9. The van der Waals surface area contributed by atoms with Crippen LogP contribution in [0.5, 0.6) is 0 Å². The minimum atomic E-state index is -1.19. The lowest BCUT2D eigenvalue weighted by molar-refractivity contribution is -0.0109. The molecule has 1 aliphatic heterocycles. The number of carbonyl (C=O) groups is 1. The smallest absolute Gasteiger partial charge is 0.159 e. The Morgan fingerprint density at radius 2 is 1.52 bits per heavy atom. The topological polar surface area (TPSA) is 40.5 Å². The van der Waals surface area contributed by atoms with Gasteiger partial charge in [0.25, 0.3) is 0 Å². The number of benzene rings is 2. The largest absolute Gasteiger partial charge is 0.380 e. The van der Waals surface area contributed by atoms with Crippen LogP contribution >= 0.6 is 0 Å². The molecule has 1 saturated heterocycles. The zero-order chi connectivity index (χ0) is 18.0. The summed E-state index contributed by atoms with van der Waals surface area (Å²) in [6.45, 7) is 3.36. The summed E-state index contributed by atoms with van der Waals surface area (Å²) in [6, 6.07) is 13.2. The van der Waals surface area contributed by atoms with Crippen LogP contribution in [0.15, 0.2) is 48.5 Å². The predicted molar refractivity (Wildman–Crippen MR) is 96.1 cm³/mol. The Hall–Kier alpha value is -2.04. The van der Waals surface area contributed by atoms with Gasteiger partial charge in [0.2, 0.25) is 0 Å². The van der Waals surface area contributed by atoms with Gasteiger partial charge in [-0.15, -0.1) is 0 Å². The van der Waals surface area contributed by atoms with E-state index in [1.165, 1.54) is 19.1 Å². The minimum absolute atomic E-state index is 0.00355.